The van der Waals surface area contributed by atoms with E-state index in [1.807, 2.05) is 39.4 Å². The number of aromatic amines is 1. The third-order valence-electron chi connectivity index (χ3n) is 3.85. The van der Waals surface area contributed by atoms with Crippen LogP contribution in [0.5, 0.6) is 0 Å². The van der Waals surface area contributed by atoms with Crippen LogP contribution in [0.25, 0.3) is 10.6 Å². The molecule has 8 heteroatoms. The Morgan fingerprint density at radius 2 is 2.41 bits per heavy atom. The zero-order chi connectivity index (χ0) is 14.9. The number of amides is 1. The topological polar surface area (TPSA) is 79.7 Å². The van der Waals surface area contributed by atoms with E-state index in [-0.39, 0.29) is 11.9 Å². The molecule has 0 spiro atoms. The maximum absolute atomic E-state index is 12.5. The molecule has 1 aliphatic heterocycles. The fourth-order valence-electron chi connectivity index (χ4n) is 2.71. The van der Waals surface area contributed by atoms with E-state index in [9.17, 15) is 4.79 Å². The van der Waals surface area contributed by atoms with E-state index in [0.29, 0.717) is 18.8 Å². The molecule has 1 amide bonds. The Kier molecular flexibility index (Phi) is 3.23. The third-order valence-corrected chi connectivity index (χ3v) is 4.75. The molecule has 1 fully saturated rings. The Hall–Kier alpha value is -2.48. The second-order valence-corrected chi connectivity index (χ2v) is 6.17. The standard InChI is InChI=1S/C14H14N6OS/c21-14(12-8-11(16-17-12)13-2-1-7-22-13)19-5-3-10(9-19)20-6-4-15-18-20/h1-2,4,6-8,10H,3,5,9H2,(H,16,17). The van der Waals surface area contributed by atoms with Gasteiger partial charge in [-0.2, -0.15) is 5.10 Å². The van der Waals surface area contributed by atoms with Gasteiger partial charge in [0.2, 0.25) is 0 Å². The molecular formula is C14H14N6OS. The van der Waals surface area contributed by atoms with Crippen LogP contribution < -0.4 is 0 Å². The van der Waals surface area contributed by atoms with E-state index in [1.165, 1.54) is 0 Å². The molecule has 4 heterocycles. The summed E-state index contributed by atoms with van der Waals surface area (Å²) < 4.78 is 1.81. The van der Waals surface area contributed by atoms with Crippen molar-refractivity contribution in [2.75, 3.05) is 13.1 Å². The molecule has 0 aliphatic carbocycles. The highest BCUT2D eigenvalue weighted by Crippen LogP contribution is 2.25. The summed E-state index contributed by atoms with van der Waals surface area (Å²) in [7, 11) is 0. The van der Waals surface area contributed by atoms with E-state index < -0.39 is 0 Å². The van der Waals surface area contributed by atoms with Crippen LogP contribution in [-0.4, -0.2) is 49.1 Å². The lowest BCUT2D eigenvalue weighted by Crippen LogP contribution is -2.29. The second kappa shape index (κ2) is 5.38. The molecule has 0 aromatic carbocycles. The fourth-order valence-corrected chi connectivity index (χ4v) is 3.40. The van der Waals surface area contributed by atoms with Crippen LogP contribution in [0.2, 0.25) is 0 Å². The zero-order valence-electron chi connectivity index (χ0n) is 11.7. The minimum Gasteiger partial charge on any atom is -0.335 e. The molecule has 3 aromatic heterocycles. The molecule has 1 N–H and O–H groups in total. The van der Waals surface area contributed by atoms with Gasteiger partial charge in [-0.1, -0.05) is 11.3 Å². The highest BCUT2D eigenvalue weighted by molar-refractivity contribution is 7.13. The number of thiophene rings is 1. The van der Waals surface area contributed by atoms with Gasteiger partial charge in [-0.05, 0) is 23.9 Å². The highest BCUT2D eigenvalue weighted by Gasteiger charge is 2.29. The summed E-state index contributed by atoms with van der Waals surface area (Å²) in [5.74, 6) is -0.0401. The van der Waals surface area contributed by atoms with Crippen LogP contribution in [0.1, 0.15) is 23.0 Å². The van der Waals surface area contributed by atoms with Crippen LogP contribution in [-0.2, 0) is 0 Å². The van der Waals surface area contributed by atoms with Gasteiger partial charge in [0, 0.05) is 19.3 Å². The first-order chi connectivity index (χ1) is 10.8. The Labute approximate surface area is 130 Å². The normalized spacial score (nSPS) is 18.0. The summed E-state index contributed by atoms with van der Waals surface area (Å²) in [6, 6.07) is 5.99. The largest absolute Gasteiger partial charge is 0.335 e. The number of rotatable bonds is 3. The van der Waals surface area contributed by atoms with Gasteiger partial charge < -0.3 is 4.90 Å². The van der Waals surface area contributed by atoms with Crippen molar-refractivity contribution < 1.29 is 4.79 Å². The van der Waals surface area contributed by atoms with Crippen molar-refractivity contribution in [3.63, 3.8) is 0 Å². The van der Waals surface area contributed by atoms with Crippen LogP contribution in [0.4, 0.5) is 0 Å². The Morgan fingerprint density at radius 3 is 3.18 bits per heavy atom. The summed E-state index contributed by atoms with van der Waals surface area (Å²) in [5, 5.41) is 16.9. The third kappa shape index (κ3) is 2.31. The molecule has 4 rings (SSSR count). The minimum absolute atomic E-state index is 0.0401. The molecule has 1 saturated heterocycles. The average Bonchev–Trinajstić information content (AvgIpc) is 3.35. The number of hydrogen-bond donors (Lipinski definition) is 1. The van der Waals surface area contributed by atoms with Gasteiger partial charge in [0.25, 0.3) is 5.91 Å². The van der Waals surface area contributed by atoms with Gasteiger partial charge in [0.05, 0.1) is 22.8 Å². The predicted octanol–water partition coefficient (Wildman–Crippen LogP) is 1.82. The molecule has 0 bridgehead atoms. The van der Waals surface area contributed by atoms with Crippen molar-refractivity contribution in [3.8, 4) is 10.6 Å². The van der Waals surface area contributed by atoms with Crippen molar-refractivity contribution in [3.05, 3.63) is 41.7 Å². The van der Waals surface area contributed by atoms with Crippen molar-refractivity contribution in [1.82, 2.24) is 30.1 Å². The zero-order valence-corrected chi connectivity index (χ0v) is 12.5. The molecule has 1 aliphatic rings. The lowest BCUT2D eigenvalue weighted by molar-refractivity contribution is 0.0781. The molecule has 0 radical (unpaired) electrons. The Morgan fingerprint density at radius 1 is 1.45 bits per heavy atom. The lowest BCUT2D eigenvalue weighted by atomic mass is 10.3. The van der Waals surface area contributed by atoms with Crippen molar-refractivity contribution in [1.29, 1.82) is 0 Å². The summed E-state index contributed by atoms with van der Waals surface area (Å²) in [5.41, 5.74) is 1.34. The van der Waals surface area contributed by atoms with Gasteiger partial charge >= 0.3 is 0 Å². The molecule has 1 unspecified atom stereocenters. The smallest absolute Gasteiger partial charge is 0.274 e. The number of H-pyrrole nitrogens is 1. The molecular weight excluding hydrogens is 300 g/mol. The first-order valence-electron chi connectivity index (χ1n) is 7.05. The lowest BCUT2D eigenvalue weighted by Gasteiger charge is -2.14. The monoisotopic (exact) mass is 314 g/mol. The molecule has 112 valence electrons. The van der Waals surface area contributed by atoms with Crippen molar-refractivity contribution in [2.24, 2.45) is 0 Å². The van der Waals surface area contributed by atoms with E-state index in [1.54, 1.807) is 17.5 Å². The number of likely N-dealkylation sites (tertiary alicyclic amines) is 1. The quantitative estimate of drug-likeness (QED) is 0.799. The summed E-state index contributed by atoms with van der Waals surface area (Å²) in [4.78, 5) is 15.4. The number of nitrogens with one attached hydrogen (secondary N) is 1. The van der Waals surface area contributed by atoms with Gasteiger partial charge in [-0.15, -0.1) is 16.4 Å². The van der Waals surface area contributed by atoms with Gasteiger partial charge in [0.15, 0.2) is 5.69 Å². The number of nitrogens with zero attached hydrogens (tertiary/aromatic N) is 5. The predicted molar refractivity (Wildman–Crippen MR) is 81.5 cm³/mol. The number of hydrogen-bond acceptors (Lipinski definition) is 5. The Bertz CT molecular complexity index is 763. The number of carbonyl (C=O) groups is 1. The highest BCUT2D eigenvalue weighted by atomic mass is 32.1. The van der Waals surface area contributed by atoms with E-state index in [2.05, 4.69) is 20.5 Å². The SMILES string of the molecule is O=C(c1cc(-c2cccs2)[nH]n1)N1CCC(n2ccnn2)C1. The summed E-state index contributed by atoms with van der Waals surface area (Å²) in [6.07, 6.45) is 4.38. The summed E-state index contributed by atoms with van der Waals surface area (Å²) in [6.45, 7) is 1.36. The van der Waals surface area contributed by atoms with E-state index in [0.717, 1.165) is 17.0 Å². The van der Waals surface area contributed by atoms with E-state index >= 15 is 0 Å². The number of carbonyl (C=O) groups excluding carboxylic acids is 1. The minimum atomic E-state index is -0.0401. The van der Waals surface area contributed by atoms with Gasteiger partial charge in [-0.3, -0.25) is 9.89 Å². The van der Waals surface area contributed by atoms with Crippen LogP contribution >= 0.6 is 11.3 Å². The maximum atomic E-state index is 12.5. The van der Waals surface area contributed by atoms with Crippen molar-refractivity contribution >= 4 is 17.2 Å². The van der Waals surface area contributed by atoms with E-state index in [4.69, 9.17) is 0 Å². The fraction of sp³-hybridized carbons (Fsp3) is 0.286. The molecule has 1 atom stereocenters. The molecule has 0 saturated carbocycles. The van der Waals surface area contributed by atoms with Crippen LogP contribution in [0, 0.1) is 0 Å². The van der Waals surface area contributed by atoms with Crippen LogP contribution in [0.15, 0.2) is 36.0 Å². The first kappa shape index (κ1) is 13.2. The Balaban J connectivity index is 1.49. The molecule has 3 aromatic rings. The van der Waals surface area contributed by atoms with Crippen LogP contribution in [0.3, 0.4) is 0 Å². The first-order valence-corrected chi connectivity index (χ1v) is 7.93. The van der Waals surface area contributed by atoms with Gasteiger partial charge in [-0.25, -0.2) is 4.68 Å². The second-order valence-electron chi connectivity index (χ2n) is 5.22. The molecule has 22 heavy (non-hydrogen) atoms. The number of aromatic nitrogens is 5. The van der Waals surface area contributed by atoms with Crippen molar-refractivity contribution in [2.45, 2.75) is 12.5 Å². The molecule has 7 nitrogen and oxygen atoms in total. The van der Waals surface area contributed by atoms with Gasteiger partial charge in [0.1, 0.15) is 0 Å². The summed E-state index contributed by atoms with van der Waals surface area (Å²) >= 11 is 1.62. The maximum Gasteiger partial charge on any atom is 0.274 e. The average molecular weight is 314 g/mol.